The van der Waals surface area contributed by atoms with Crippen LogP contribution in [0.25, 0.3) is 0 Å². The minimum atomic E-state index is -0.769. The van der Waals surface area contributed by atoms with Crippen LogP contribution in [0.15, 0.2) is 12.2 Å². The van der Waals surface area contributed by atoms with Crippen molar-refractivity contribution in [3.05, 3.63) is 12.2 Å². The van der Waals surface area contributed by atoms with E-state index in [2.05, 4.69) is 32.9 Å². The molecular weight excluding hydrogens is 901 g/mol. The molecule has 0 amide bonds. The number of ether oxygens (including phenoxy) is 3. The Morgan fingerprint density at radius 1 is 0.260 bits per heavy atom. The van der Waals surface area contributed by atoms with Crippen molar-refractivity contribution in [3.8, 4) is 0 Å². The number of hydrogen-bond donors (Lipinski definition) is 0. The smallest absolute Gasteiger partial charge is 0.306 e. The van der Waals surface area contributed by atoms with E-state index in [0.29, 0.717) is 19.3 Å². The zero-order valence-corrected chi connectivity index (χ0v) is 49.7. The van der Waals surface area contributed by atoms with Crippen molar-refractivity contribution in [2.75, 3.05) is 13.2 Å². The highest BCUT2D eigenvalue weighted by molar-refractivity contribution is 5.71. The van der Waals surface area contributed by atoms with Crippen molar-refractivity contribution in [1.29, 1.82) is 0 Å². The summed E-state index contributed by atoms with van der Waals surface area (Å²) < 4.78 is 16.9. The molecule has 0 spiro atoms. The largest absolute Gasteiger partial charge is 0.462 e. The molecule has 0 N–H and O–H groups in total. The number of rotatable bonds is 62. The van der Waals surface area contributed by atoms with Gasteiger partial charge >= 0.3 is 17.9 Å². The molecule has 0 aromatic heterocycles. The number of unbranched alkanes of at least 4 members (excludes halogenated alkanes) is 49. The fourth-order valence-corrected chi connectivity index (χ4v) is 10.3. The SMILES string of the molecule is CCCCCC/C=C\CCCCCCCC(=O)OCC(COC(=O)CCCCCCCCCCCCCCCCCCCCCCCCCCC)OC(=O)CCCCCCCCCCCCCCCCCCC. The van der Waals surface area contributed by atoms with Gasteiger partial charge in [-0.15, -0.1) is 0 Å². The summed E-state index contributed by atoms with van der Waals surface area (Å²) in [4.78, 5) is 38.3. The molecule has 6 nitrogen and oxygen atoms in total. The van der Waals surface area contributed by atoms with Crippen LogP contribution in [0.1, 0.15) is 380 Å². The van der Waals surface area contributed by atoms with Crippen LogP contribution in [0.4, 0.5) is 0 Å². The molecule has 0 aliphatic carbocycles. The predicted molar refractivity (Wildman–Crippen MR) is 317 cm³/mol. The van der Waals surface area contributed by atoms with Gasteiger partial charge in [-0.1, -0.05) is 328 Å². The first-order valence-corrected chi connectivity index (χ1v) is 33.2. The highest BCUT2D eigenvalue weighted by Crippen LogP contribution is 2.19. The van der Waals surface area contributed by atoms with Crippen LogP contribution >= 0.6 is 0 Å². The van der Waals surface area contributed by atoms with Crippen LogP contribution in [0.3, 0.4) is 0 Å². The number of hydrogen-bond acceptors (Lipinski definition) is 6. The Bertz CT molecular complexity index is 1130. The summed E-state index contributed by atoms with van der Waals surface area (Å²) in [5, 5.41) is 0. The van der Waals surface area contributed by atoms with Gasteiger partial charge in [0.25, 0.3) is 0 Å². The van der Waals surface area contributed by atoms with E-state index in [1.807, 2.05) is 0 Å². The third-order valence-corrected chi connectivity index (χ3v) is 15.3. The minimum Gasteiger partial charge on any atom is -0.462 e. The topological polar surface area (TPSA) is 78.9 Å². The molecule has 6 heteroatoms. The molecule has 0 saturated carbocycles. The number of carbonyl (C=O) groups excluding carboxylic acids is 3. The molecule has 0 radical (unpaired) electrons. The van der Waals surface area contributed by atoms with E-state index in [1.165, 1.54) is 276 Å². The summed E-state index contributed by atoms with van der Waals surface area (Å²) in [5.74, 6) is -0.844. The van der Waals surface area contributed by atoms with Gasteiger partial charge in [0.1, 0.15) is 13.2 Å². The van der Waals surface area contributed by atoms with Crippen LogP contribution in [-0.2, 0) is 28.6 Å². The van der Waals surface area contributed by atoms with Gasteiger partial charge in [0.2, 0.25) is 0 Å². The lowest BCUT2D eigenvalue weighted by Gasteiger charge is -2.18. The summed E-state index contributed by atoms with van der Waals surface area (Å²) in [6, 6.07) is 0. The lowest BCUT2D eigenvalue weighted by Crippen LogP contribution is -2.30. The van der Waals surface area contributed by atoms with Gasteiger partial charge < -0.3 is 14.2 Å². The summed E-state index contributed by atoms with van der Waals surface area (Å²) in [6.07, 6.45) is 73.7. The van der Waals surface area contributed by atoms with Gasteiger partial charge in [0.15, 0.2) is 6.10 Å². The van der Waals surface area contributed by atoms with Crippen LogP contribution in [0.5, 0.6) is 0 Å². The molecule has 0 saturated heterocycles. The third-order valence-electron chi connectivity index (χ3n) is 15.3. The molecule has 1 atom stereocenters. The van der Waals surface area contributed by atoms with Gasteiger partial charge in [-0.3, -0.25) is 14.4 Å². The van der Waals surface area contributed by atoms with Gasteiger partial charge in [-0.05, 0) is 44.9 Å². The maximum atomic E-state index is 12.9. The maximum absolute atomic E-state index is 12.9. The summed E-state index contributed by atoms with van der Waals surface area (Å²) in [6.45, 7) is 6.70. The van der Waals surface area contributed by atoms with Crippen molar-refractivity contribution in [2.24, 2.45) is 0 Å². The van der Waals surface area contributed by atoms with Gasteiger partial charge in [-0.2, -0.15) is 0 Å². The Hall–Kier alpha value is -1.85. The zero-order valence-electron chi connectivity index (χ0n) is 49.7. The molecule has 0 heterocycles. The van der Waals surface area contributed by atoms with E-state index in [-0.39, 0.29) is 31.1 Å². The second-order valence-corrected chi connectivity index (χ2v) is 22.7. The quantitative estimate of drug-likeness (QED) is 0.0261. The molecule has 1 unspecified atom stereocenters. The Morgan fingerprint density at radius 2 is 0.452 bits per heavy atom. The summed E-state index contributed by atoms with van der Waals surface area (Å²) in [5.41, 5.74) is 0. The van der Waals surface area contributed by atoms with Crippen molar-refractivity contribution in [2.45, 2.75) is 386 Å². The van der Waals surface area contributed by atoms with Crippen LogP contribution in [0.2, 0.25) is 0 Å². The van der Waals surface area contributed by atoms with Gasteiger partial charge in [0, 0.05) is 19.3 Å². The monoisotopic (exact) mass is 1030 g/mol. The lowest BCUT2D eigenvalue weighted by molar-refractivity contribution is -0.167. The van der Waals surface area contributed by atoms with Crippen LogP contribution in [-0.4, -0.2) is 37.2 Å². The second kappa shape index (κ2) is 62.7. The fraction of sp³-hybridized carbons (Fsp3) is 0.925. The average molecular weight is 1030 g/mol. The molecule has 0 bridgehead atoms. The van der Waals surface area contributed by atoms with E-state index in [0.717, 1.165) is 64.2 Å². The standard InChI is InChI=1S/C67H128O6/c1-4-7-10-13-16-19-22-25-27-29-30-31-32-33-34-35-36-38-39-42-45-48-51-54-57-60-66(69)72-63-64(62-71-65(68)59-56-53-50-47-44-41-24-21-18-15-12-9-6-3)73-67(70)61-58-55-52-49-46-43-40-37-28-26-23-20-17-14-11-8-5-2/h21,24,64H,4-20,22-23,25-63H2,1-3H3/b24-21-. The summed E-state index contributed by atoms with van der Waals surface area (Å²) in [7, 11) is 0. The van der Waals surface area contributed by atoms with Crippen molar-refractivity contribution >= 4 is 17.9 Å². The second-order valence-electron chi connectivity index (χ2n) is 22.7. The summed E-state index contributed by atoms with van der Waals surface area (Å²) >= 11 is 0. The number of esters is 3. The molecule has 73 heavy (non-hydrogen) atoms. The minimum absolute atomic E-state index is 0.0659. The molecule has 432 valence electrons. The van der Waals surface area contributed by atoms with E-state index in [9.17, 15) is 14.4 Å². The Morgan fingerprint density at radius 3 is 0.699 bits per heavy atom. The Balaban J connectivity index is 4.20. The zero-order chi connectivity index (χ0) is 52.9. The van der Waals surface area contributed by atoms with E-state index < -0.39 is 6.10 Å². The lowest BCUT2D eigenvalue weighted by atomic mass is 10.0. The maximum Gasteiger partial charge on any atom is 0.306 e. The van der Waals surface area contributed by atoms with Crippen LogP contribution < -0.4 is 0 Å². The first-order valence-electron chi connectivity index (χ1n) is 33.2. The number of allylic oxidation sites excluding steroid dienone is 2. The predicted octanol–water partition coefficient (Wildman–Crippen LogP) is 22.4. The molecule has 0 aromatic rings. The average Bonchev–Trinajstić information content (AvgIpc) is 3.39. The van der Waals surface area contributed by atoms with E-state index >= 15 is 0 Å². The molecule has 0 aliphatic heterocycles. The number of carbonyl (C=O) groups is 3. The van der Waals surface area contributed by atoms with Crippen molar-refractivity contribution in [1.82, 2.24) is 0 Å². The normalized spacial score (nSPS) is 12.0. The molecule has 0 aliphatic rings. The van der Waals surface area contributed by atoms with Crippen molar-refractivity contribution in [3.63, 3.8) is 0 Å². The highest BCUT2D eigenvalue weighted by atomic mass is 16.6. The third kappa shape index (κ3) is 60.9. The fourth-order valence-electron chi connectivity index (χ4n) is 10.3. The van der Waals surface area contributed by atoms with Gasteiger partial charge in [-0.25, -0.2) is 0 Å². The molecule has 0 rings (SSSR count). The molecular formula is C67H128O6. The Labute approximate surface area is 456 Å². The van der Waals surface area contributed by atoms with E-state index in [4.69, 9.17) is 14.2 Å². The molecule has 0 aromatic carbocycles. The van der Waals surface area contributed by atoms with Crippen LogP contribution in [0, 0.1) is 0 Å². The van der Waals surface area contributed by atoms with Gasteiger partial charge in [0.05, 0.1) is 0 Å². The first kappa shape index (κ1) is 71.2. The van der Waals surface area contributed by atoms with Crippen molar-refractivity contribution < 1.29 is 28.6 Å². The van der Waals surface area contributed by atoms with E-state index in [1.54, 1.807) is 0 Å². The Kier molecular flexibility index (Phi) is 61.1. The molecule has 0 fully saturated rings. The highest BCUT2D eigenvalue weighted by Gasteiger charge is 2.19. The first-order chi connectivity index (χ1) is 36.0.